The third kappa shape index (κ3) is 2.37. The molecule has 1 aliphatic rings. The molecular weight excluding hydrogens is 244 g/mol. The molecule has 0 N–H and O–H groups in total. The first-order valence-corrected chi connectivity index (χ1v) is 7.34. The number of hydrogen-bond donors (Lipinski definition) is 0. The Balaban J connectivity index is 2.39. The molecule has 1 aliphatic heterocycles. The van der Waals surface area contributed by atoms with Gasteiger partial charge in [-0.25, -0.2) is 0 Å². The summed E-state index contributed by atoms with van der Waals surface area (Å²) >= 11 is 1.62. The first-order valence-electron chi connectivity index (χ1n) is 6.36. The number of hydrogen-bond acceptors (Lipinski definition) is 3. The van der Waals surface area contributed by atoms with Crippen LogP contribution in [0.25, 0.3) is 0 Å². The van der Waals surface area contributed by atoms with Crippen LogP contribution in [0.2, 0.25) is 0 Å². The van der Waals surface area contributed by atoms with Crippen molar-refractivity contribution < 1.29 is 9.59 Å². The standard InChI is InChI=1S/C15H18O2S/c1-4-9(2)11-5-6-14-12(7-11)15(17)13(8-18-14)10(3)16/h5-7,9,13H,4,8H2,1-3H3/t9-,13-/m1/s1. The van der Waals surface area contributed by atoms with E-state index < -0.39 is 5.92 Å². The van der Waals surface area contributed by atoms with E-state index in [1.165, 1.54) is 12.5 Å². The van der Waals surface area contributed by atoms with Crippen LogP contribution >= 0.6 is 11.8 Å². The van der Waals surface area contributed by atoms with Crippen LogP contribution in [-0.2, 0) is 4.79 Å². The van der Waals surface area contributed by atoms with Gasteiger partial charge in [0, 0.05) is 16.2 Å². The molecule has 1 aromatic carbocycles. The van der Waals surface area contributed by atoms with E-state index >= 15 is 0 Å². The molecule has 0 unspecified atom stereocenters. The van der Waals surface area contributed by atoms with Crippen LogP contribution in [0.15, 0.2) is 23.1 Å². The van der Waals surface area contributed by atoms with Crippen molar-refractivity contribution in [1.29, 1.82) is 0 Å². The Morgan fingerprint density at radius 2 is 2.22 bits per heavy atom. The zero-order chi connectivity index (χ0) is 13.3. The number of carbonyl (C=O) groups excluding carboxylic acids is 2. The quantitative estimate of drug-likeness (QED) is 0.779. The second-order valence-corrected chi connectivity index (χ2v) is 5.97. The smallest absolute Gasteiger partial charge is 0.175 e. The zero-order valence-electron chi connectivity index (χ0n) is 11.0. The minimum absolute atomic E-state index is 0.00130. The van der Waals surface area contributed by atoms with Crippen molar-refractivity contribution in [3.05, 3.63) is 29.3 Å². The predicted octanol–water partition coefficient (Wildman–Crippen LogP) is 3.69. The van der Waals surface area contributed by atoms with Crippen LogP contribution in [0.4, 0.5) is 0 Å². The van der Waals surface area contributed by atoms with Gasteiger partial charge in [-0.1, -0.05) is 19.9 Å². The lowest BCUT2D eigenvalue weighted by Crippen LogP contribution is -2.28. The molecular formula is C15H18O2S. The van der Waals surface area contributed by atoms with E-state index in [-0.39, 0.29) is 11.6 Å². The molecule has 18 heavy (non-hydrogen) atoms. The SMILES string of the molecule is CC[C@@H](C)c1ccc2c(c1)C(=O)[C@@H](C(C)=O)CS2. The largest absolute Gasteiger partial charge is 0.299 e. The van der Waals surface area contributed by atoms with Crippen LogP contribution in [0.5, 0.6) is 0 Å². The van der Waals surface area contributed by atoms with Gasteiger partial charge in [0.15, 0.2) is 5.78 Å². The van der Waals surface area contributed by atoms with Crippen molar-refractivity contribution in [2.24, 2.45) is 5.92 Å². The fourth-order valence-electron chi connectivity index (χ4n) is 2.15. The van der Waals surface area contributed by atoms with E-state index in [1.54, 1.807) is 11.8 Å². The van der Waals surface area contributed by atoms with E-state index in [0.29, 0.717) is 11.7 Å². The van der Waals surface area contributed by atoms with Crippen molar-refractivity contribution in [2.75, 3.05) is 5.75 Å². The van der Waals surface area contributed by atoms with Gasteiger partial charge in [0.1, 0.15) is 5.78 Å². The Morgan fingerprint density at radius 3 is 2.83 bits per heavy atom. The first kappa shape index (κ1) is 13.3. The first-order chi connectivity index (χ1) is 8.54. The zero-order valence-corrected chi connectivity index (χ0v) is 11.8. The molecule has 0 spiro atoms. The number of ketones is 2. The lowest BCUT2D eigenvalue weighted by molar-refractivity contribution is -0.118. The van der Waals surface area contributed by atoms with Crippen LogP contribution in [0, 0.1) is 5.92 Å². The third-order valence-electron chi connectivity index (χ3n) is 3.66. The van der Waals surface area contributed by atoms with E-state index in [1.807, 2.05) is 12.1 Å². The molecule has 0 aliphatic carbocycles. The van der Waals surface area contributed by atoms with Crippen molar-refractivity contribution in [1.82, 2.24) is 0 Å². The van der Waals surface area contributed by atoms with Crippen LogP contribution in [-0.4, -0.2) is 17.3 Å². The second kappa shape index (κ2) is 5.27. The van der Waals surface area contributed by atoms with Gasteiger partial charge in [0.05, 0.1) is 5.92 Å². The monoisotopic (exact) mass is 262 g/mol. The van der Waals surface area contributed by atoms with Crippen molar-refractivity contribution >= 4 is 23.3 Å². The molecule has 2 rings (SSSR count). The fourth-order valence-corrected chi connectivity index (χ4v) is 3.36. The number of fused-ring (bicyclic) bond motifs is 1. The van der Waals surface area contributed by atoms with Gasteiger partial charge in [-0.05, 0) is 37.0 Å². The topological polar surface area (TPSA) is 34.1 Å². The average Bonchev–Trinajstić information content (AvgIpc) is 2.37. The Labute approximate surface area is 112 Å². The summed E-state index contributed by atoms with van der Waals surface area (Å²) < 4.78 is 0. The molecule has 0 radical (unpaired) electrons. The average molecular weight is 262 g/mol. The van der Waals surface area contributed by atoms with Gasteiger partial charge in [-0.15, -0.1) is 11.8 Å². The Morgan fingerprint density at radius 1 is 1.50 bits per heavy atom. The molecule has 2 nitrogen and oxygen atoms in total. The third-order valence-corrected chi connectivity index (χ3v) is 4.83. The molecule has 0 amide bonds. The van der Waals surface area contributed by atoms with Gasteiger partial charge in [-0.2, -0.15) is 0 Å². The maximum atomic E-state index is 12.3. The molecule has 1 aromatic rings. The highest BCUT2D eigenvalue weighted by atomic mass is 32.2. The van der Waals surface area contributed by atoms with Gasteiger partial charge in [0.2, 0.25) is 0 Å². The lowest BCUT2D eigenvalue weighted by atomic mass is 9.91. The minimum Gasteiger partial charge on any atom is -0.299 e. The Bertz CT molecular complexity index is 493. The summed E-state index contributed by atoms with van der Waals surface area (Å²) in [5.41, 5.74) is 1.93. The maximum Gasteiger partial charge on any atom is 0.175 e. The Kier molecular flexibility index (Phi) is 3.91. The normalized spacial score (nSPS) is 20.4. The van der Waals surface area contributed by atoms with Crippen LogP contribution < -0.4 is 0 Å². The molecule has 0 saturated heterocycles. The highest BCUT2D eigenvalue weighted by molar-refractivity contribution is 7.99. The summed E-state index contributed by atoms with van der Waals surface area (Å²) in [6.07, 6.45) is 1.05. The summed E-state index contributed by atoms with van der Waals surface area (Å²) in [6, 6.07) is 6.10. The highest BCUT2D eigenvalue weighted by Gasteiger charge is 2.31. The van der Waals surface area contributed by atoms with E-state index in [4.69, 9.17) is 0 Å². The van der Waals surface area contributed by atoms with E-state index in [9.17, 15) is 9.59 Å². The van der Waals surface area contributed by atoms with E-state index in [2.05, 4.69) is 19.9 Å². The summed E-state index contributed by atoms with van der Waals surface area (Å²) in [5.74, 6) is 0.568. The van der Waals surface area contributed by atoms with Crippen molar-refractivity contribution in [3.63, 3.8) is 0 Å². The van der Waals surface area contributed by atoms with Crippen molar-refractivity contribution in [3.8, 4) is 0 Å². The summed E-state index contributed by atoms with van der Waals surface area (Å²) in [7, 11) is 0. The fraction of sp³-hybridized carbons (Fsp3) is 0.467. The minimum atomic E-state index is -0.449. The summed E-state index contributed by atoms with van der Waals surface area (Å²) in [4.78, 5) is 24.8. The maximum absolute atomic E-state index is 12.3. The Hall–Kier alpha value is -1.09. The molecule has 0 aromatic heterocycles. The highest BCUT2D eigenvalue weighted by Crippen LogP contribution is 2.35. The number of rotatable bonds is 3. The molecule has 0 bridgehead atoms. The van der Waals surface area contributed by atoms with Crippen molar-refractivity contribution in [2.45, 2.75) is 38.0 Å². The predicted molar refractivity (Wildman–Crippen MR) is 74.4 cm³/mol. The number of benzene rings is 1. The lowest BCUT2D eigenvalue weighted by Gasteiger charge is -2.22. The number of thioether (sulfide) groups is 1. The van der Waals surface area contributed by atoms with Gasteiger partial charge in [0.25, 0.3) is 0 Å². The van der Waals surface area contributed by atoms with Gasteiger partial charge >= 0.3 is 0 Å². The molecule has 0 saturated carbocycles. The number of Topliss-reactive ketones (excluding diaryl/α,β-unsaturated/α-hetero) is 2. The molecule has 2 atom stereocenters. The second-order valence-electron chi connectivity index (χ2n) is 4.90. The van der Waals surface area contributed by atoms with Crippen LogP contribution in [0.1, 0.15) is 49.0 Å². The molecule has 96 valence electrons. The number of carbonyl (C=O) groups is 2. The summed E-state index contributed by atoms with van der Waals surface area (Å²) in [5, 5.41) is 0. The van der Waals surface area contributed by atoms with Gasteiger partial charge < -0.3 is 0 Å². The summed E-state index contributed by atoms with van der Waals surface area (Å²) in [6.45, 7) is 5.80. The molecule has 1 heterocycles. The molecule has 0 fully saturated rings. The van der Waals surface area contributed by atoms with Gasteiger partial charge in [-0.3, -0.25) is 9.59 Å². The van der Waals surface area contributed by atoms with E-state index in [0.717, 1.165) is 16.9 Å². The molecule has 3 heteroatoms. The van der Waals surface area contributed by atoms with Crippen LogP contribution in [0.3, 0.4) is 0 Å².